The van der Waals surface area contributed by atoms with Crippen LogP contribution in [0.15, 0.2) is 12.3 Å². The summed E-state index contributed by atoms with van der Waals surface area (Å²) in [6, 6.07) is 2.07. The van der Waals surface area contributed by atoms with Gasteiger partial charge in [-0.1, -0.05) is 13.8 Å². The summed E-state index contributed by atoms with van der Waals surface area (Å²) in [4.78, 5) is 0. The number of nitrogens with zero attached hydrogens (tertiary/aromatic N) is 1. The zero-order valence-electron chi connectivity index (χ0n) is 11.6. The van der Waals surface area contributed by atoms with Crippen molar-refractivity contribution in [1.29, 1.82) is 0 Å². The van der Waals surface area contributed by atoms with Crippen LogP contribution in [0.3, 0.4) is 0 Å². The summed E-state index contributed by atoms with van der Waals surface area (Å²) in [5.74, 6) is 0.444. The normalized spacial score (nSPS) is 11.9. The molecule has 0 unspecified atom stereocenters. The zero-order chi connectivity index (χ0) is 13.6. The van der Waals surface area contributed by atoms with E-state index < -0.39 is 9.84 Å². The predicted molar refractivity (Wildman–Crippen MR) is 75.5 cm³/mol. The van der Waals surface area contributed by atoms with Crippen molar-refractivity contribution in [2.24, 2.45) is 0 Å². The summed E-state index contributed by atoms with van der Waals surface area (Å²) < 4.78 is 25.0. The van der Waals surface area contributed by atoms with Gasteiger partial charge < -0.3 is 9.88 Å². The van der Waals surface area contributed by atoms with Crippen LogP contribution in [0, 0.1) is 6.92 Å². The average Bonchev–Trinajstić information content (AvgIpc) is 2.69. The smallest absolute Gasteiger partial charge is 0.151 e. The first kappa shape index (κ1) is 15.2. The molecule has 0 saturated carbocycles. The lowest BCUT2D eigenvalue weighted by Gasteiger charge is -2.08. The Bertz CT molecular complexity index is 463. The molecule has 0 saturated heterocycles. The van der Waals surface area contributed by atoms with Crippen LogP contribution in [0.1, 0.15) is 31.5 Å². The van der Waals surface area contributed by atoms with E-state index in [9.17, 15) is 8.42 Å². The van der Waals surface area contributed by atoms with Gasteiger partial charge in [0.1, 0.15) is 0 Å². The Balaban J connectivity index is 2.58. The first-order chi connectivity index (χ1) is 8.50. The fourth-order valence-corrected chi connectivity index (χ4v) is 2.57. The minimum absolute atomic E-state index is 0.220. The minimum atomic E-state index is -2.88. The second kappa shape index (κ2) is 6.95. The molecule has 0 aliphatic carbocycles. The molecule has 0 aliphatic heterocycles. The molecular formula is C13H24N2O2S. The fraction of sp³-hybridized carbons (Fsp3) is 0.692. The van der Waals surface area contributed by atoms with Crippen molar-refractivity contribution >= 4 is 9.84 Å². The Hall–Kier alpha value is -0.810. The van der Waals surface area contributed by atoms with Crippen LogP contribution in [-0.4, -0.2) is 31.0 Å². The van der Waals surface area contributed by atoms with E-state index >= 15 is 0 Å². The van der Waals surface area contributed by atoms with E-state index in [1.807, 2.05) is 17.7 Å². The van der Waals surface area contributed by atoms with Crippen molar-refractivity contribution in [1.82, 2.24) is 9.88 Å². The number of hydrogen-bond donors (Lipinski definition) is 1. The van der Waals surface area contributed by atoms with Crippen LogP contribution in [0.25, 0.3) is 0 Å². The number of aromatic nitrogens is 1. The molecule has 0 bridgehead atoms. The number of sulfone groups is 1. The van der Waals surface area contributed by atoms with Crippen molar-refractivity contribution in [3.05, 3.63) is 23.5 Å². The molecule has 104 valence electrons. The molecule has 1 aromatic heterocycles. The van der Waals surface area contributed by atoms with Gasteiger partial charge in [-0.25, -0.2) is 8.42 Å². The van der Waals surface area contributed by atoms with E-state index in [1.165, 1.54) is 5.56 Å². The lowest BCUT2D eigenvalue weighted by Crippen LogP contribution is -2.16. The summed E-state index contributed by atoms with van der Waals surface area (Å²) in [6.07, 6.45) is 3.10. The number of rotatable bonds is 8. The van der Waals surface area contributed by atoms with Gasteiger partial charge in [0, 0.05) is 30.7 Å². The van der Waals surface area contributed by atoms with Gasteiger partial charge in [0.2, 0.25) is 0 Å². The topological polar surface area (TPSA) is 51.1 Å². The standard InChI is InChI=1S/C13H24N2O2S/c1-4-7-14-11-13-6-8-15(12(13)3)9-10-18(16,17)5-2/h6,8,14H,4-5,7,9-11H2,1-3H3. The van der Waals surface area contributed by atoms with E-state index in [2.05, 4.69) is 18.3 Å². The third-order valence-electron chi connectivity index (χ3n) is 3.18. The third-order valence-corrected chi connectivity index (χ3v) is 4.86. The van der Waals surface area contributed by atoms with Crippen LogP contribution < -0.4 is 5.32 Å². The molecule has 0 spiro atoms. The van der Waals surface area contributed by atoms with Gasteiger partial charge >= 0.3 is 0 Å². The van der Waals surface area contributed by atoms with Gasteiger partial charge in [-0.05, 0) is 31.5 Å². The number of aryl methyl sites for hydroxylation is 1. The van der Waals surface area contributed by atoms with E-state index in [0.717, 1.165) is 25.2 Å². The van der Waals surface area contributed by atoms with E-state index in [0.29, 0.717) is 6.54 Å². The molecule has 1 heterocycles. The SMILES string of the molecule is CCCNCc1ccn(CCS(=O)(=O)CC)c1C. The van der Waals surface area contributed by atoms with Gasteiger partial charge in [0.05, 0.1) is 5.75 Å². The van der Waals surface area contributed by atoms with Crippen molar-refractivity contribution < 1.29 is 8.42 Å². The highest BCUT2D eigenvalue weighted by atomic mass is 32.2. The molecule has 0 radical (unpaired) electrons. The molecule has 18 heavy (non-hydrogen) atoms. The largest absolute Gasteiger partial charge is 0.350 e. The van der Waals surface area contributed by atoms with Crippen LogP contribution >= 0.6 is 0 Å². The first-order valence-corrected chi connectivity index (χ1v) is 8.38. The summed E-state index contributed by atoms with van der Waals surface area (Å²) in [5, 5.41) is 3.36. The summed E-state index contributed by atoms with van der Waals surface area (Å²) in [6.45, 7) is 8.29. The van der Waals surface area contributed by atoms with Crippen LogP contribution in [0.4, 0.5) is 0 Å². The zero-order valence-corrected chi connectivity index (χ0v) is 12.4. The molecule has 1 rings (SSSR count). The van der Waals surface area contributed by atoms with E-state index in [4.69, 9.17) is 0 Å². The number of nitrogens with one attached hydrogen (secondary N) is 1. The van der Waals surface area contributed by atoms with Gasteiger partial charge in [0.15, 0.2) is 9.84 Å². The highest BCUT2D eigenvalue weighted by Gasteiger charge is 2.09. The molecule has 0 aliphatic rings. The second-order valence-electron chi connectivity index (χ2n) is 4.53. The molecular weight excluding hydrogens is 248 g/mol. The van der Waals surface area contributed by atoms with Crippen LogP contribution in [-0.2, 0) is 22.9 Å². The molecule has 1 aromatic rings. The molecule has 1 N–H and O–H groups in total. The Morgan fingerprint density at radius 1 is 1.33 bits per heavy atom. The van der Waals surface area contributed by atoms with Gasteiger partial charge in [-0.15, -0.1) is 0 Å². The maximum atomic E-state index is 11.5. The van der Waals surface area contributed by atoms with Crippen molar-refractivity contribution in [2.75, 3.05) is 18.1 Å². The quantitative estimate of drug-likeness (QED) is 0.733. The molecule has 5 heteroatoms. The van der Waals surface area contributed by atoms with Crippen molar-refractivity contribution in [3.63, 3.8) is 0 Å². The second-order valence-corrected chi connectivity index (χ2v) is 7.01. The predicted octanol–water partition coefficient (Wildman–Crippen LogP) is 1.73. The summed E-state index contributed by atoms with van der Waals surface area (Å²) in [5.41, 5.74) is 2.40. The van der Waals surface area contributed by atoms with Crippen LogP contribution in [0.5, 0.6) is 0 Å². The lowest BCUT2D eigenvalue weighted by molar-refractivity contribution is 0.589. The number of hydrogen-bond acceptors (Lipinski definition) is 3. The van der Waals surface area contributed by atoms with Gasteiger partial charge in [-0.3, -0.25) is 0 Å². The van der Waals surface area contributed by atoms with Gasteiger partial charge in [-0.2, -0.15) is 0 Å². The Morgan fingerprint density at radius 3 is 2.67 bits per heavy atom. The minimum Gasteiger partial charge on any atom is -0.350 e. The highest BCUT2D eigenvalue weighted by molar-refractivity contribution is 7.91. The summed E-state index contributed by atoms with van der Waals surface area (Å²) >= 11 is 0. The van der Waals surface area contributed by atoms with Crippen molar-refractivity contribution in [3.8, 4) is 0 Å². The molecule has 0 atom stereocenters. The third kappa shape index (κ3) is 4.46. The van der Waals surface area contributed by atoms with Crippen molar-refractivity contribution in [2.45, 2.75) is 40.3 Å². The Kier molecular flexibility index (Phi) is 5.88. The average molecular weight is 272 g/mol. The Labute approximate surface area is 110 Å². The summed E-state index contributed by atoms with van der Waals surface area (Å²) in [7, 11) is -2.88. The molecule has 0 fully saturated rings. The fourth-order valence-electron chi connectivity index (χ4n) is 1.81. The maximum Gasteiger partial charge on any atom is 0.151 e. The molecule has 0 aromatic carbocycles. The lowest BCUT2D eigenvalue weighted by atomic mass is 10.2. The molecule has 0 amide bonds. The Morgan fingerprint density at radius 2 is 2.06 bits per heavy atom. The van der Waals surface area contributed by atoms with Gasteiger partial charge in [0.25, 0.3) is 0 Å². The van der Waals surface area contributed by atoms with E-state index in [-0.39, 0.29) is 11.5 Å². The maximum absolute atomic E-state index is 11.5. The van der Waals surface area contributed by atoms with E-state index in [1.54, 1.807) is 6.92 Å². The highest BCUT2D eigenvalue weighted by Crippen LogP contribution is 2.10. The molecule has 4 nitrogen and oxygen atoms in total. The van der Waals surface area contributed by atoms with Crippen LogP contribution in [0.2, 0.25) is 0 Å². The monoisotopic (exact) mass is 272 g/mol. The first-order valence-electron chi connectivity index (χ1n) is 6.56.